The van der Waals surface area contributed by atoms with Gasteiger partial charge in [-0.15, -0.1) is 0 Å². The molecule has 0 bridgehead atoms. The number of nitrogens with zero attached hydrogens (tertiary/aromatic N) is 1. The highest BCUT2D eigenvalue weighted by Crippen LogP contribution is 2.19. The Morgan fingerprint density at radius 1 is 1.00 bits per heavy atom. The number of nitrogens with one attached hydrogen (secondary N) is 1. The molecule has 5 heteroatoms. The van der Waals surface area contributed by atoms with Gasteiger partial charge in [-0.05, 0) is 63.8 Å². The van der Waals surface area contributed by atoms with Crippen molar-refractivity contribution in [1.29, 1.82) is 0 Å². The number of carbonyl (C=O) groups is 2. The molecule has 0 saturated heterocycles. The van der Waals surface area contributed by atoms with Crippen molar-refractivity contribution in [3.8, 4) is 5.75 Å². The highest BCUT2D eigenvalue weighted by molar-refractivity contribution is 5.88. The molecule has 5 nitrogen and oxygen atoms in total. The molecule has 2 aromatic carbocycles. The molecule has 162 valence electrons. The zero-order valence-electron chi connectivity index (χ0n) is 19.0. The summed E-state index contributed by atoms with van der Waals surface area (Å²) in [6.45, 7) is 11.9. The number of amides is 2. The van der Waals surface area contributed by atoms with E-state index in [1.54, 1.807) is 11.8 Å². The quantitative estimate of drug-likeness (QED) is 0.670. The van der Waals surface area contributed by atoms with Crippen molar-refractivity contribution in [1.82, 2.24) is 10.2 Å². The topological polar surface area (TPSA) is 58.6 Å². The first kappa shape index (κ1) is 23.5. The van der Waals surface area contributed by atoms with Crippen LogP contribution in [0, 0.1) is 20.8 Å². The van der Waals surface area contributed by atoms with Crippen LogP contribution in [0.15, 0.2) is 42.5 Å². The van der Waals surface area contributed by atoms with Crippen LogP contribution in [0.4, 0.5) is 0 Å². The maximum absolute atomic E-state index is 13.1. The van der Waals surface area contributed by atoms with Crippen molar-refractivity contribution in [2.45, 2.75) is 66.6 Å². The van der Waals surface area contributed by atoms with Crippen LogP contribution in [0.2, 0.25) is 0 Å². The minimum absolute atomic E-state index is 0.0578. The van der Waals surface area contributed by atoms with E-state index in [-0.39, 0.29) is 24.5 Å². The van der Waals surface area contributed by atoms with Gasteiger partial charge in [-0.2, -0.15) is 0 Å². The molecule has 2 atom stereocenters. The van der Waals surface area contributed by atoms with E-state index in [1.165, 1.54) is 0 Å². The summed E-state index contributed by atoms with van der Waals surface area (Å²) in [6, 6.07) is 13.4. The molecular formula is C25H34N2O3. The molecule has 2 amide bonds. The van der Waals surface area contributed by atoms with Gasteiger partial charge in [0.15, 0.2) is 6.61 Å². The Hall–Kier alpha value is -2.82. The van der Waals surface area contributed by atoms with E-state index in [9.17, 15) is 9.59 Å². The molecular weight excluding hydrogens is 376 g/mol. The van der Waals surface area contributed by atoms with Gasteiger partial charge in [-0.1, -0.05) is 48.9 Å². The lowest BCUT2D eigenvalue weighted by Gasteiger charge is -2.29. The zero-order chi connectivity index (χ0) is 22.3. The lowest BCUT2D eigenvalue weighted by atomic mass is 10.1. The second-order valence-corrected chi connectivity index (χ2v) is 8.06. The highest BCUT2D eigenvalue weighted by atomic mass is 16.5. The summed E-state index contributed by atoms with van der Waals surface area (Å²) in [5, 5.41) is 2.98. The van der Waals surface area contributed by atoms with Gasteiger partial charge in [-0.25, -0.2) is 0 Å². The van der Waals surface area contributed by atoms with E-state index in [0.29, 0.717) is 12.3 Å². The second kappa shape index (κ2) is 10.8. The molecule has 2 unspecified atom stereocenters. The van der Waals surface area contributed by atoms with Crippen LogP contribution < -0.4 is 10.1 Å². The SMILES string of the molecule is CCC(C)NC(=O)C(C)N(Cc1ccc(C)cc1)C(=O)COc1cc(C)ccc1C. The molecule has 1 N–H and O–H groups in total. The summed E-state index contributed by atoms with van der Waals surface area (Å²) in [7, 11) is 0. The van der Waals surface area contributed by atoms with Gasteiger partial charge in [0.1, 0.15) is 11.8 Å². The number of benzene rings is 2. The summed E-state index contributed by atoms with van der Waals surface area (Å²) < 4.78 is 5.83. The Bertz CT molecular complexity index is 861. The fourth-order valence-electron chi connectivity index (χ4n) is 3.02. The van der Waals surface area contributed by atoms with Gasteiger partial charge >= 0.3 is 0 Å². The molecule has 0 aliphatic carbocycles. The molecule has 30 heavy (non-hydrogen) atoms. The van der Waals surface area contributed by atoms with Crippen LogP contribution >= 0.6 is 0 Å². The summed E-state index contributed by atoms with van der Waals surface area (Å²) >= 11 is 0. The predicted octanol–water partition coefficient (Wildman–Crippen LogP) is 4.32. The number of hydrogen-bond acceptors (Lipinski definition) is 3. The van der Waals surface area contributed by atoms with E-state index in [0.717, 1.165) is 28.7 Å². The molecule has 0 spiro atoms. The normalized spacial score (nSPS) is 12.7. The first-order chi connectivity index (χ1) is 14.2. The molecule has 2 aromatic rings. The van der Waals surface area contributed by atoms with E-state index < -0.39 is 6.04 Å². The largest absolute Gasteiger partial charge is 0.483 e. The lowest BCUT2D eigenvalue weighted by molar-refractivity contribution is -0.142. The number of aryl methyl sites for hydroxylation is 3. The molecule has 0 aliphatic rings. The minimum atomic E-state index is -0.602. The second-order valence-electron chi connectivity index (χ2n) is 8.06. The van der Waals surface area contributed by atoms with Crippen molar-refractivity contribution in [2.75, 3.05) is 6.61 Å². The lowest BCUT2D eigenvalue weighted by Crippen LogP contribution is -2.50. The van der Waals surface area contributed by atoms with Crippen molar-refractivity contribution >= 4 is 11.8 Å². The number of carbonyl (C=O) groups excluding carboxylic acids is 2. The smallest absolute Gasteiger partial charge is 0.261 e. The number of ether oxygens (including phenoxy) is 1. The summed E-state index contributed by atoms with van der Waals surface area (Å²) in [5.41, 5.74) is 4.17. The average Bonchev–Trinajstić information content (AvgIpc) is 2.73. The Balaban J connectivity index is 2.17. The van der Waals surface area contributed by atoms with Crippen LogP contribution in [0.1, 0.15) is 49.4 Å². The van der Waals surface area contributed by atoms with Crippen molar-refractivity contribution in [2.24, 2.45) is 0 Å². The highest BCUT2D eigenvalue weighted by Gasteiger charge is 2.27. The fourth-order valence-corrected chi connectivity index (χ4v) is 3.02. The Morgan fingerprint density at radius 2 is 1.63 bits per heavy atom. The standard InChI is InChI=1S/C25H34N2O3/c1-7-20(5)26-25(29)21(6)27(15-22-12-9-17(2)10-13-22)24(28)16-30-23-14-18(3)8-11-19(23)4/h8-14,20-21H,7,15-16H2,1-6H3,(H,26,29). The molecule has 0 fully saturated rings. The van der Waals surface area contributed by atoms with Crippen LogP contribution in [-0.2, 0) is 16.1 Å². The summed E-state index contributed by atoms with van der Waals surface area (Å²) in [5.74, 6) is 0.315. The molecule has 0 aliphatic heterocycles. The monoisotopic (exact) mass is 410 g/mol. The first-order valence-electron chi connectivity index (χ1n) is 10.6. The van der Waals surface area contributed by atoms with Gasteiger partial charge in [-0.3, -0.25) is 9.59 Å². The van der Waals surface area contributed by atoms with Crippen LogP contribution in [0.25, 0.3) is 0 Å². The average molecular weight is 411 g/mol. The van der Waals surface area contributed by atoms with Crippen LogP contribution in [0.3, 0.4) is 0 Å². The van der Waals surface area contributed by atoms with Gasteiger partial charge in [0.25, 0.3) is 5.91 Å². The molecule has 0 heterocycles. The van der Waals surface area contributed by atoms with E-state index in [4.69, 9.17) is 4.74 Å². The van der Waals surface area contributed by atoms with E-state index >= 15 is 0 Å². The fraction of sp³-hybridized carbons (Fsp3) is 0.440. The molecule has 2 rings (SSSR count). The molecule has 0 aromatic heterocycles. The third-order valence-corrected chi connectivity index (χ3v) is 5.34. The third kappa shape index (κ3) is 6.61. The Labute approximate surface area is 180 Å². The number of rotatable bonds is 9. The van der Waals surface area contributed by atoms with E-state index in [1.807, 2.05) is 77.1 Å². The number of hydrogen-bond donors (Lipinski definition) is 1. The maximum atomic E-state index is 13.1. The summed E-state index contributed by atoms with van der Waals surface area (Å²) in [6.07, 6.45) is 0.833. The van der Waals surface area contributed by atoms with Crippen molar-refractivity contribution in [3.63, 3.8) is 0 Å². The molecule has 0 saturated carbocycles. The van der Waals surface area contributed by atoms with E-state index in [2.05, 4.69) is 5.32 Å². The maximum Gasteiger partial charge on any atom is 0.261 e. The molecule has 0 radical (unpaired) electrons. The van der Waals surface area contributed by atoms with Crippen molar-refractivity contribution in [3.05, 3.63) is 64.7 Å². The van der Waals surface area contributed by atoms with Gasteiger partial charge in [0.05, 0.1) is 0 Å². The van der Waals surface area contributed by atoms with Gasteiger partial charge in [0.2, 0.25) is 5.91 Å². The van der Waals surface area contributed by atoms with Crippen molar-refractivity contribution < 1.29 is 14.3 Å². The Kier molecular flexibility index (Phi) is 8.46. The minimum Gasteiger partial charge on any atom is -0.483 e. The summed E-state index contributed by atoms with van der Waals surface area (Å²) in [4.78, 5) is 27.4. The van der Waals surface area contributed by atoms with Gasteiger partial charge in [0, 0.05) is 12.6 Å². The van der Waals surface area contributed by atoms with Crippen LogP contribution in [-0.4, -0.2) is 35.4 Å². The van der Waals surface area contributed by atoms with Gasteiger partial charge < -0.3 is 15.0 Å². The van der Waals surface area contributed by atoms with Crippen LogP contribution in [0.5, 0.6) is 5.75 Å². The first-order valence-corrected chi connectivity index (χ1v) is 10.6. The zero-order valence-corrected chi connectivity index (χ0v) is 19.0. The third-order valence-electron chi connectivity index (χ3n) is 5.34. The predicted molar refractivity (Wildman–Crippen MR) is 120 cm³/mol. The Morgan fingerprint density at radius 3 is 2.27 bits per heavy atom.